The van der Waals surface area contributed by atoms with E-state index in [2.05, 4.69) is 37.9 Å². The first-order chi connectivity index (χ1) is 12.4. The van der Waals surface area contributed by atoms with Crippen LogP contribution in [0.25, 0.3) is 0 Å². The van der Waals surface area contributed by atoms with Crippen molar-refractivity contribution in [3.8, 4) is 5.75 Å². The van der Waals surface area contributed by atoms with Crippen LogP contribution in [0.1, 0.15) is 32.8 Å². The van der Waals surface area contributed by atoms with E-state index in [1.807, 2.05) is 29.2 Å². The summed E-state index contributed by atoms with van der Waals surface area (Å²) in [6.07, 6.45) is 7.25. The molecule has 0 amide bonds. The first kappa shape index (κ1) is 18.9. The standard InChI is InChI=1S/C21H30N2O3/c1-20(2,3)18-13-25-21(26-14-18,15-23-12-11-22-16-23)10-9-17-5-7-19(24-4)8-6-17/h5-8,11-12,16,18H,9-10,13-15H2,1-4H3. The van der Waals surface area contributed by atoms with E-state index >= 15 is 0 Å². The minimum Gasteiger partial charge on any atom is -0.497 e. The summed E-state index contributed by atoms with van der Waals surface area (Å²) >= 11 is 0. The van der Waals surface area contributed by atoms with Crippen LogP contribution in [-0.2, 0) is 22.4 Å². The van der Waals surface area contributed by atoms with Gasteiger partial charge in [-0.2, -0.15) is 0 Å². The highest BCUT2D eigenvalue weighted by Gasteiger charge is 2.40. The number of rotatable bonds is 6. The number of benzene rings is 1. The molecule has 0 aliphatic carbocycles. The van der Waals surface area contributed by atoms with Crippen LogP contribution in [-0.4, -0.2) is 35.7 Å². The van der Waals surface area contributed by atoms with Crippen LogP contribution < -0.4 is 4.74 Å². The summed E-state index contributed by atoms with van der Waals surface area (Å²) in [7, 11) is 1.68. The van der Waals surface area contributed by atoms with Crippen molar-refractivity contribution < 1.29 is 14.2 Å². The summed E-state index contributed by atoms with van der Waals surface area (Å²) in [5.41, 5.74) is 1.43. The minimum atomic E-state index is -0.609. The van der Waals surface area contributed by atoms with E-state index in [0.717, 1.165) is 31.8 Å². The van der Waals surface area contributed by atoms with Gasteiger partial charge in [-0.25, -0.2) is 4.98 Å². The predicted molar refractivity (Wildman–Crippen MR) is 101 cm³/mol. The van der Waals surface area contributed by atoms with Gasteiger partial charge in [-0.1, -0.05) is 32.9 Å². The normalized spacial score (nSPS) is 23.8. The lowest BCUT2D eigenvalue weighted by Gasteiger charge is -2.44. The van der Waals surface area contributed by atoms with E-state index in [1.165, 1.54) is 5.56 Å². The molecule has 1 aromatic heterocycles. The molecule has 0 N–H and O–H groups in total. The lowest BCUT2D eigenvalue weighted by Crippen LogP contribution is -2.50. The second kappa shape index (κ2) is 7.80. The molecule has 26 heavy (non-hydrogen) atoms. The Labute approximate surface area is 156 Å². The van der Waals surface area contributed by atoms with Crippen LogP contribution >= 0.6 is 0 Å². The molecule has 0 spiro atoms. The fourth-order valence-electron chi connectivity index (χ4n) is 3.19. The average Bonchev–Trinajstić information content (AvgIpc) is 3.13. The van der Waals surface area contributed by atoms with Crippen molar-refractivity contribution in [1.82, 2.24) is 9.55 Å². The zero-order chi connectivity index (χ0) is 18.6. The van der Waals surface area contributed by atoms with Crippen molar-refractivity contribution in [3.63, 3.8) is 0 Å². The first-order valence-electron chi connectivity index (χ1n) is 9.27. The zero-order valence-electron chi connectivity index (χ0n) is 16.3. The smallest absolute Gasteiger partial charge is 0.186 e. The number of aryl methyl sites for hydroxylation is 1. The quantitative estimate of drug-likeness (QED) is 0.785. The minimum absolute atomic E-state index is 0.178. The molecule has 1 aromatic carbocycles. The van der Waals surface area contributed by atoms with Crippen molar-refractivity contribution in [2.45, 2.75) is 45.9 Å². The summed E-state index contributed by atoms with van der Waals surface area (Å²) in [5, 5.41) is 0. The van der Waals surface area contributed by atoms with Crippen molar-refractivity contribution in [3.05, 3.63) is 48.5 Å². The van der Waals surface area contributed by atoms with Gasteiger partial charge >= 0.3 is 0 Å². The topological polar surface area (TPSA) is 45.5 Å². The highest BCUT2D eigenvalue weighted by molar-refractivity contribution is 5.27. The molecule has 0 atom stereocenters. The molecule has 1 fully saturated rings. The van der Waals surface area contributed by atoms with Crippen LogP contribution in [0.15, 0.2) is 43.0 Å². The molecule has 0 bridgehead atoms. The molecule has 2 aromatic rings. The van der Waals surface area contributed by atoms with Gasteiger partial charge in [0.15, 0.2) is 5.79 Å². The Bertz CT molecular complexity index is 666. The summed E-state index contributed by atoms with van der Waals surface area (Å²) < 4.78 is 20.0. The molecular formula is C21H30N2O3. The van der Waals surface area contributed by atoms with Crippen LogP contribution in [0.3, 0.4) is 0 Å². The van der Waals surface area contributed by atoms with Gasteiger partial charge in [0.1, 0.15) is 5.75 Å². The third-order valence-corrected chi connectivity index (χ3v) is 5.26. The van der Waals surface area contributed by atoms with Crippen molar-refractivity contribution in [1.29, 1.82) is 0 Å². The maximum absolute atomic E-state index is 6.35. The van der Waals surface area contributed by atoms with E-state index in [0.29, 0.717) is 12.5 Å². The summed E-state index contributed by atoms with van der Waals surface area (Å²) in [6.45, 7) is 8.82. The second-order valence-electron chi connectivity index (χ2n) is 8.18. The highest BCUT2D eigenvalue weighted by atomic mass is 16.7. The van der Waals surface area contributed by atoms with E-state index in [-0.39, 0.29) is 5.41 Å². The largest absolute Gasteiger partial charge is 0.497 e. The van der Waals surface area contributed by atoms with Crippen LogP contribution in [0.4, 0.5) is 0 Å². The highest BCUT2D eigenvalue weighted by Crippen LogP contribution is 2.36. The van der Waals surface area contributed by atoms with Crippen LogP contribution in [0, 0.1) is 11.3 Å². The number of methoxy groups -OCH3 is 1. The summed E-state index contributed by atoms with van der Waals surface area (Å²) in [5.74, 6) is 0.669. The Balaban J connectivity index is 1.69. The predicted octanol–water partition coefficient (Wildman–Crippen LogP) is 3.93. The Kier molecular flexibility index (Phi) is 5.68. The SMILES string of the molecule is COc1ccc(CCC2(Cn3ccnc3)OCC(C(C)(C)C)CO2)cc1. The number of aromatic nitrogens is 2. The Hall–Kier alpha value is -1.85. The first-order valence-corrected chi connectivity index (χ1v) is 9.27. The third kappa shape index (κ3) is 4.65. The van der Waals surface area contributed by atoms with Gasteiger partial charge in [0.2, 0.25) is 0 Å². The Morgan fingerprint density at radius 1 is 1.19 bits per heavy atom. The monoisotopic (exact) mass is 358 g/mol. The van der Waals surface area contributed by atoms with Gasteiger partial charge < -0.3 is 18.8 Å². The zero-order valence-corrected chi connectivity index (χ0v) is 16.3. The van der Waals surface area contributed by atoms with Gasteiger partial charge in [-0.15, -0.1) is 0 Å². The molecule has 3 rings (SSSR count). The van der Waals surface area contributed by atoms with Crippen LogP contribution in [0.5, 0.6) is 5.75 Å². The third-order valence-electron chi connectivity index (χ3n) is 5.26. The van der Waals surface area contributed by atoms with Gasteiger partial charge in [-0.3, -0.25) is 0 Å². The molecule has 1 aliphatic heterocycles. The number of imidazole rings is 1. The van der Waals surface area contributed by atoms with Gasteiger partial charge in [0, 0.05) is 24.7 Å². The van der Waals surface area contributed by atoms with E-state index in [9.17, 15) is 0 Å². The molecule has 1 saturated heterocycles. The summed E-state index contributed by atoms with van der Waals surface area (Å²) in [4.78, 5) is 4.15. The lowest BCUT2D eigenvalue weighted by molar-refractivity contribution is -0.301. The number of hydrogen-bond acceptors (Lipinski definition) is 4. The summed E-state index contributed by atoms with van der Waals surface area (Å²) in [6, 6.07) is 8.20. The number of ether oxygens (including phenoxy) is 3. The van der Waals surface area contributed by atoms with E-state index in [1.54, 1.807) is 13.3 Å². The molecule has 142 valence electrons. The molecule has 0 saturated carbocycles. The maximum Gasteiger partial charge on any atom is 0.186 e. The fourth-order valence-corrected chi connectivity index (χ4v) is 3.19. The Morgan fingerprint density at radius 3 is 2.42 bits per heavy atom. The average molecular weight is 358 g/mol. The lowest BCUT2D eigenvalue weighted by atomic mass is 9.81. The molecule has 0 radical (unpaired) electrons. The van der Waals surface area contributed by atoms with Crippen molar-refractivity contribution >= 4 is 0 Å². The Morgan fingerprint density at radius 2 is 1.88 bits per heavy atom. The van der Waals surface area contributed by atoms with Crippen molar-refractivity contribution in [2.24, 2.45) is 11.3 Å². The molecule has 5 nitrogen and oxygen atoms in total. The molecule has 2 heterocycles. The fraction of sp³-hybridized carbons (Fsp3) is 0.571. The maximum atomic E-state index is 6.35. The van der Waals surface area contributed by atoms with Crippen LogP contribution in [0.2, 0.25) is 0 Å². The molecule has 0 unspecified atom stereocenters. The van der Waals surface area contributed by atoms with Gasteiger partial charge in [0.25, 0.3) is 0 Å². The van der Waals surface area contributed by atoms with E-state index in [4.69, 9.17) is 14.2 Å². The van der Waals surface area contributed by atoms with Gasteiger partial charge in [0.05, 0.1) is 33.2 Å². The molecular weight excluding hydrogens is 328 g/mol. The number of hydrogen-bond donors (Lipinski definition) is 0. The number of nitrogens with zero attached hydrogens (tertiary/aromatic N) is 2. The van der Waals surface area contributed by atoms with Crippen molar-refractivity contribution in [2.75, 3.05) is 20.3 Å². The molecule has 5 heteroatoms. The molecule has 1 aliphatic rings. The van der Waals surface area contributed by atoms with E-state index < -0.39 is 5.79 Å². The van der Waals surface area contributed by atoms with Gasteiger partial charge in [-0.05, 0) is 29.5 Å². The second-order valence-corrected chi connectivity index (χ2v) is 8.18.